The Labute approximate surface area is 185 Å². The van der Waals surface area contributed by atoms with Gasteiger partial charge in [-0.05, 0) is 55.8 Å². The number of fused-ring (bicyclic) bond motifs is 1. The number of carbonyl (C=O) groups excluding carboxylic acids is 1. The standard InChI is InChI=1S/C24H23N3O3S/c1-3-29-20-12-11-18(14-21(20)30-4-2)23(28)27(16-17-8-7-13-25-15-17)24-26-19-9-5-6-10-22(19)31-24/h5-15H,3-4,16H2,1-2H3. The van der Waals surface area contributed by atoms with E-state index in [1.165, 1.54) is 11.3 Å². The molecule has 2 heterocycles. The van der Waals surface area contributed by atoms with Gasteiger partial charge in [-0.3, -0.25) is 14.7 Å². The van der Waals surface area contributed by atoms with Crippen LogP contribution in [0.2, 0.25) is 0 Å². The molecule has 2 aromatic heterocycles. The number of aromatic nitrogens is 2. The molecule has 0 aliphatic carbocycles. The summed E-state index contributed by atoms with van der Waals surface area (Å²) in [4.78, 5) is 24.2. The second-order valence-electron chi connectivity index (χ2n) is 6.74. The Balaban J connectivity index is 1.73. The molecule has 1 amide bonds. The van der Waals surface area contributed by atoms with Crippen molar-refractivity contribution in [3.63, 3.8) is 0 Å². The number of nitrogens with zero attached hydrogens (tertiary/aromatic N) is 3. The highest BCUT2D eigenvalue weighted by molar-refractivity contribution is 7.22. The number of rotatable bonds is 8. The maximum absolute atomic E-state index is 13.6. The summed E-state index contributed by atoms with van der Waals surface area (Å²) in [7, 11) is 0. The lowest BCUT2D eigenvalue weighted by Crippen LogP contribution is -2.30. The fraction of sp³-hybridized carbons (Fsp3) is 0.208. The van der Waals surface area contributed by atoms with Crippen LogP contribution in [0.4, 0.5) is 5.13 Å². The van der Waals surface area contributed by atoms with Gasteiger partial charge in [-0.15, -0.1) is 0 Å². The Morgan fingerprint density at radius 3 is 2.55 bits per heavy atom. The molecule has 0 saturated heterocycles. The predicted molar refractivity (Wildman–Crippen MR) is 123 cm³/mol. The molecule has 158 valence electrons. The van der Waals surface area contributed by atoms with Gasteiger partial charge in [0.1, 0.15) is 0 Å². The van der Waals surface area contributed by atoms with Crippen molar-refractivity contribution in [3.8, 4) is 11.5 Å². The average molecular weight is 434 g/mol. The van der Waals surface area contributed by atoms with Gasteiger partial charge in [0.25, 0.3) is 5.91 Å². The average Bonchev–Trinajstić information content (AvgIpc) is 3.23. The Bertz CT molecular complexity index is 1140. The van der Waals surface area contributed by atoms with Gasteiger partial charge in [-0.1, -0.05) is 29.5 Å². The van der Waals surface area contributed by atoms with Gasteiger partial charge < -0.3 is 9.47 Å². The van der Waals surface area contributed by atoms with Crippen LogP contribution in [-0.4, -0.2) is 29.1 Å². The molecular formula is C24H23N3O3S. The number of hydrogen-bond acceptors (Lipinski definition) is 6. The van der Waals surface area contributed by atoms with Crippen LogP contribution in [0.15, 0.2) is 67.0 Å². The molecule has 0 bridgehead atoms. The van der Waals surface area contributed by atoms with E-state index in [9.17, 15) is 4.79 Å². The predicted octanol–water partition coefficient (Wildman–Crippen LogP) is 5.34. The third kappa shape index (κ3) is 4.67. The molecule has 7 heteroatoms. The first-order chi connectivity index (χ1) is 15.2. The Hall–Kier alpha value is -3.45. The smallest absolute Gasteiger partial charge is 0.260 e. The van der Waals surface area contributed by atoms with Gasteiger partial charge in [-0.2, -0.15) is 0 Å². The highest BCUT2D eigenvalue weighted by atomic mass is 32.1. The minimum Gasteiger partial charge on any atom is -0.490 e. The van der Waals surface area contributed by atoms with E-state index in [1.54, 1.807) is 35.5 Å². The largest absolute Gasteiger partial charge is 0.490 e. The van der Waals surface area contributed by atoms with Crippen LogP contribution in [0.5, 0.6) is 11.5 Å². The van der Waals surface area contributed by atoms with Crippen molar-refractivity contribution in [2.45, 2.75) is 20.4 Å². The zero-order valence-corrected chi connectivity index (χ0v) is 18.3. The van der Waals surface area contributed by atoms with E-state index in [0.717, 1.165) is 15.8 Å². The molecule has 6 nitrogen and oxygen atoms in total. The number of thiazole rings is 1. The maximum atomic E-state index is 13.6. The number of pyridine rings is 1. The molecule has 0 aliphatic rings. The number of benzene rings is 2. The Kier molecular flexibility index (Phi) is 6.43. The third-order valence-corrected chi connectivity index (χ3v) is 5.67. The number of carbonyl (C=O) groups is 1. The molecule has 0 atom stereocenters. The maximum Gasteiger partial charge on any atom is 0.260 e. The van der Waals surface area contributed by atoms with Gasteiger partial charge in [0.15, 0.2) is 16.6 Å². The monoisotopic (exact) mass is 433 g/mol. The van der Waals surface area contributed by atoms with E-state index in [1.807, 2.05) is 50.2 Å². The molecule has 0 radical (unpaired) electrons. The molecule has 0 fully saturated rings. The van der Waals surface area contributed by atoms with Crippen LogP contribution in [0.25, 0.3) is 10.2 Å². The van der Waals surface area contributed by atoms with Crippen molar-refractivity contribution in [2.75, 3.05) is 18.1 Å². The summed E-state index contributed by atoms with van der Waals surface area (Å²) in [5.74, 6) is 1.02. The number of amides is 1. The molecule has 0 spiro atoms. The van der Waals surface area contributed by atoms with E-state index < -0.39 is 0 Å². The molecule has 0 aliphatic heterocycles. The van der Waals surface area contributed by atoms with Crippen molar-refractivity contribution >= 4 is 32.6 Å². The second-order valence-corrected chi connectivity index (χ2v) is 7.75. The van der Waals surface area contributed by atoms with E-state index in [4.69, 9.17) is 14.5 Å². The van der Waals surface area contributed by atoms with Gasteiger partial charge in [0, 0.05) is 18.0 Å². The summed E-state index contributed by atoms with van der Waals surface area (Å²) in [5, 5.41) is 0.641. The van der Waals surface area contributed by atoms with Gasteiger partial charge >= 0.3 is 0 Å². The fourth-order valence-corrected chi connectivity index (χ4v) is 4.18. The van der Waals surface area contributed by atoms with Gasteiger partial charge in [0.2, 0.25) is 0 Å². The first-order valence-electron chi connectivity index (χ1n) is 10.2. The first kappa shape index (κ1) is 20.8. The third-order valence-electron chi connectivity index (χ3n) is 4.61. The van der Waals surface area contributed by atoms with Crippen molar-refractivity contribution in [1.29, 1.82) is 0 Å². The summed E-state index contributed by atoms with van der Waals surface area (Å²) >= 11 is 1.49. The lowest BCUT2D eigenvalue weighted by molar-refractivity contribution is 0.0984. The minimum absolute atomic E-state index is 0.160. The highest BCUT2D eigenvalue weighted by Gasteiger charge is 2.23. The molecule has 2 aromatic carbocycles. The number of hydrogen-bond donors (Lipinski definition) is 0. The molecule has 31 heavy (non-hydrogen) atoms. The van der Waals surface area contributed by atoms with Crippen LogP contribution in [-0.2, 0) is 6.54 Å². The molecule has 0 unspecified atom stereocenters. The molecular weight excluding hydrogens is 410 g/mol. The van der Waals surface area contributed by atoms with Crippen LogP contribution < -0.4 is 14.4 Å². The van der Waals surface area contributed by atoms with Crippen molar-refractivity contribution in [2.24, 2.45) is 0 Å². The molecule has 0 saturated carbocycles. The summed E-state index contributed by atoms with van der Waals surface area (Å²) < 4.78 is 12.4. The highest BCUT2D eigenvalue weighted by Crippen LogP contribution is 2.33. The van der Waals surface area contributed by atoms with Gasteiger partial charge in [-0.25, -0.2) is 4.98 Å². The van der Waals surface area contributed by atoms with Crippen molar-refractivity contribution < 1.29 is 14.3 Å². The molecule has 4 rings (SSSR count). The van der Waals surface area contributed by atoms with Crippen LogP contribution in [0.3, 0.4) is 0 Å². The summed E-state index contributed by atoms with van der Waals surface area (Å²) in [6.07, 6.45) is 3.48. The molecule has 0 N–H and O–H groups in total. The SMILES string of the molecule is CCOc1ccc(C(=O)N(Cc2cccnc2)c2nc3ccccc3s2)cc1OCC. The number of ether oxygens (including phenoxy) is 2. The van der Waals surface area contributed by atoms with Crippen molar-refractivity contribution in [1.82, 2.24) is 9.97 Å². The quantitative estimate of drug-likeness (QED) is 0.375. The van der Waals surface area contributed by atoms with E-state index in [2.05, 4.69) is 4.98 Å². The summed E-state index contributed by atoms with van der Waals surface area (Å²) in [5.41, 5.74) is 2.30. The van der Waals surface area contributed by atoms with Crippen LogP contribution in [0, 0.1) is 0 Å². The number of para-hydroxylation sites is 1. The summed E-state index contributed by atoms with van der Waals surface area (Å²) in [6, 6.07) is 17.0. The topological polar surface area (TPSA) is 64.5 Å². The fourth-order valence-electron chi connectivity index (χ4n) is 3.22. The zero-order chi connectivity index (χ0) is 21.6. The Morgan fingerprint density at radius 1 is 1.00 bits per heavy atom. The minimum atomic E-state index is -0.160. The van der Waals surface area contributed by atoms with Crippen LogP contribution in [0.1, 0.15) is 29.8 Å². The normalized spacial score (nSPS) is 10.8. The summed E-state index contributed by atoms with van der Waals surface area (Å²) in [6.45, 7) is 5.18. The molecule has 4 aromatic rings. The van der Waals surface area contributed by atoms with E-state index >= 15 is 0 Å². The Morgan fingerprint density at radius 2 is 1.81 bits per heavy atom. The van der Waals surface area contributed by atoms with Crippen LogP contribution >= 0.6 is 11.3 Å². The number of anilines is 1. The van der Waals surface area contributed by atoms with E-state index in [-0.39, 0.29) is 5.91 Å². The van der Waals surface area contributed by atoms with E-state index in [0.29, 0.717) is 42.0 Å². The van der Waals surface area contributed by atoms with Gasteiger partial charge in [0.05, 0.1) is 30.0 Å². The lowest BCUT2D eigenvalue weighted by Gasteiger charge is -2.21. The second kappa shape index (κ2) is 9.57. The van der Waals surface area contributed by atoms with Crippen molar-refractivity contribution in [3.05, 3.63) is 78.1 Å². The zero-order valence-electron chi connectivity index (χ0n) is 17.4. The lowest BCUT2D eigenvalue weighted by atomic mass is 10.1. The first-order valence-corrected chi connectivity index (χ1v) is 11.0.